The Morgan fingerprint density at radius 1 is 1.50 bits per heavy atom. The van der Waals surface area contributed by atoms with Crippen molar-refractivity contribution in [1.29, 1.82) is 0 Å². The van der Waals surface area contributed by atoms with E-state index in [0.29, 0.717) is 5.82 Å². The van der Waals surface area contributed by atoms with Crippen LogP contribution in [0.25, 0.3) is 0 Å². The van der Waals surface area contributed by atoms with Crippen LogP contribution in [0.5, 0.6) is 0 Å². The molecular formula is C10H9ClN2O3. The van der Waals surface area contributed by atoms with E-state index in [-0.39, 0.29) is 34.6 Å². The maximum absolute atomic E-state index is 11.9. The van der Waals surface area contributed by atoms with Gasteiger partial charge in [-0.3, -0.25) is 9.59 Å². The molecule has 1 aliphatic carbocycles. The Kier molecular flexibility index (Phi) is 2.55. The number of imidazole rings is 1. The van der Waals surface area contributed by atoms with Crippen LogP contribution in [0.4, 0.5) is 0 Å². The predicted molar refractivity (Wildman–Crippen MR) is 56.5 cm³/mol. The van der Waals surface area contributed by atoms with Crippen LogP contribution < -0.4 is 0 Å². The van der Waals surface area contributed by atoms with Crippen molar-refractivity contribution in [2.75, 3.05) is 7.11 Å². The minimum atomic E-state index is -0.344. The van der Waals surface area contributed by atoms with Gasteiger partial charge in [-0.1, -0.05) is 0 Å². The first kappa shape index (κ1) is 10.9. The fraction of sp³-hybridized carbons (Fsp3) is 0.300. The Morgan fingerprint density at radius 2 is 2.19 bits per heavy atom. The average Bonchev–Trinajstić information content (AvgIpc) is 2.61. The number of carbonyl (C=O) groups excluding carboxylic acids is 2. The lowest BCUT2D eigenvalue weighted by molar-refractivity contribution is 0.0908. The number of allylic oxidation sites excluding steroid dienone is 2. The average molecular weight is 241 g/mol. The Bertz CT molecular complexity index is 516. The molecule has 0 radical (unpaired) electrons. The van der Waals surface area contributed by atoms with Crippen LogP contribution >= 0.6 is 11.6 Å². The fourth-order valence-corrected chi connectivity index (χ4v) is 1.86. The second kappa shape index (κ2) is 3.75. The molecule has 0 aliphatic heterocycles. The molecule has 1 heterocycles. The summed E-state index contributed by atoms with van der Waals surface area (Å²) in [5.41, 5.74) is 0.379. The van der Waals surface area contributed by atoms with Crippen molar-refractivity contribution in [3.8, 4) is 0 Å². The predicted octanol–water partition coefficient (Wildman–Crippen LogP) is 1.07. The molecule has 0 fully saturated rings. The van der Waals surface area contributed by atoms with Gasteiger partial charge >= 0.3 is 0 Å². The molecule has 0 bridgehead atoms. The summed E-state index contributed by atoms with van der Waals surface area (Å²) in [6.07, 6.45) is 1.15. The number of aromatic nitrogens is 2. The molecule has 0 spiro atoms. The molecule has 16 heavy (non-hydrogen) atoms. The third kappa shape index (κ3) is 1.36. The largest absolute Gasteiger partial charge is 0.492 e. The van der Waals surface area contributed by atoms with Gasteiger partial charge in [-0.15, -0.1) is 11.6 Å². The highest BCUT2D eigenvalue weighted by atomic mass is 35.5. The molecular weight excluding hydrogens is 232 g/mol. The number of nitrogens with zero attached hydrogens (tertiary/aromatic N) is 2. The summed E-state index contributed by atoms with van der Waals surface area (Å²) < 4.78 is 6.37. The van der Waals surface area contributed by atoms with Gasteiger partial charge in [0.25, 0.3) is 0 Å². The number of methoxy groups -OCH3 is 1. The number of hydrogen-bond donors (Lipinski definition) is 0. The number of rotatable bonds is 2. The molecule has 1 aliphatic rings. The summed E-state index contributed by atoms with van der Waals surface area (Å²) in [5.74, 6) is -0.0190. The molecule has 0 saturated carbocycles. The summed E-state index contributed by atoms with van der Waals surface area (Å²) >= 11 is 5.66. The van der Waals surface area contributed by atoms with Crippen LogP contribution in [-0.4, -0.2) is 28.2 Å². The highest BCUT2D eigenvalue weighted by Gasteiger charge is 2.32. The van der Waals surface area contributed by atoms with Gasteiger partial charge in [0.15, 0.2) is 5.76 Å². The summed E-state index contributed by atoms with van der Waals surface area (Å²) in [4.78, 5) is 27.6. The Labute approximate surface area is 96.7 Å². The normalized spacial score (nSPS) is 14.8. The lowest BCUT2D eigenvalue weighted by Gasteiger charge is -2.11. The van der Waals surface area contributed by atoms with Gasteiger partial charge in [-0.2, -0.15) is 0 Å². The van der Waals surface area contributed by atoms with E-state index in [2.05, 4.69) is 4.98 Å². The smallest absolute Gasteiger partial charge is 0.246 e. The van der Waals surface area contributed by atoms with Crippen molar-refractivity contribution in [2.45, 2.75) is 5.88 Å². The maximum atomic E-state index is 11.9. The van der Waals surface area contributed by atoms with Crippen molar-refractivity contribution in [2.24, 2.45) is 7.05 Å². The molecule has 2 rings (SSSR count). The number of ether oxygens (including phenoxy) is 1. The van der Waals surface area contributed by atoms with E-state index in [4.69, 9.17) is 16.3 Å². The Balaban J connectivity index is 2.64. The number of fused-ring (bicyclic) bond motifs is 1. The lowest BCUT2D eigenvalue weighted by atomic mass is 10.0. The molecule has 0 N–H and O–H groups in total. The second-order valence-electron chi connectivity index (χ2n) is 3.32. The summed E-state index contributed by atoms with van der Waals surface area (Å²) in [7, 11) is 2.99. The summed E-state index contributed by atoms with van der Waals surface area (Å²) in [6.45, 7) is 0. The number of carbonyl (C=O) groups is 2. The van der Waals surface area contributed by atoms with Crippen molar-refractivity contribution in [1.82, 2.24) is 9.55 Å². The van der Waals surface area contributed by atoms with E-state index in [0.717, 1.165) is 6.08 Å². The number of halogens is 1. The van der Waals surface area contributed by atoms with Gasteiger partial charge in [0.05, 0.1) is 13.0 Å². The molecule has 0 amide bonds. The fourth-order valence-electron chi connectivity index (χ4n) is 1.62. The van der Waals surface area contributed by atoms with Crippen molar-refractivity contribution >= 4 is 23.2 Å². The third-order valence-electron chi connectivity index (χ3n) is 2.46. The Hall–Kier alpha value is -1.62. The van der Waals surface area contributed by atoms with Crippen LogP contribution in [0.1, 0.15) is 26.8 Å². The zero-order chi connectivity index (χ0) is 11.9. The summed E-state index contributed by atoms with van der Waals surface area (Å²) in [5, 5.41) is 0. The van der Waals surface area contributed by atoms with Crippen molar-refractivity contribution in [3.05, 3.63) is 29.0 Å². The number of Topliss-reactive ketones (excluding diaryl/α,β-unsaturated/α-hetero) is 1. The highest BCUT2D eigenvalue weighted by Crippen LogP contribution is 2.22. The molecule has 0 unspecified atom stereocenters. The van der Waals surface area contributed by atoms with Gasteiger partial charge in [-0.25, -0.2) is 4.98 Å². The first-order valence-electron chi connectivity index (χ1n) is 4.56. The van der Waals surface area contributed by atoms with Gasteiger partial charge in [-0.05, 0) is 0 Å². The van der Waals surface area contributed by atoms with Crippen LogP contribution in [-0.2, 0) is 17.7 Å². The maximum Gasteiger partial charge on any atom is 0.246 e. The first-order chi connectivity index (χ1) is 7.60. The van der Waals surface area contributed by atoms with Crippen LogP contribution in [0, 0.1) is 0 Å². The quantitative estimate of drug-likeness (QED) is 0.726. The molecule has 1 aromatic heterocycles. The van der Waals surface area contributed by atoms with Gasteiger partial charge in [0.2, 0.25) is 11.6 Å². The van der Waals surface area contributed by atoms with Crippen LogP contribution in [0.3, 0.4) is 0 Å². The molecule has 0 atom stereocenters. The van der Waals surface area contributed by atoms with E-state index < -0.39 is 0 Å². The van der Waals surface area contributed by atoms with Gasteiger partial charge in [0.1, 0.15) is 17.2 Å². The third-order valence-corrected chi connectivity index (χ3v) is 2.70. The van der Waals surface area contributed by atoms with E-state index in [1.54, 1.807) is 7.05 Å². The van der Waals surface area contributed by atoms with Crippen LogP contribution in [0.2, 0.25) is 0 Å². The van der Waals surface area contributed by atoms with Crippen LogP contribution in [0.15, 0.2) is 11.8 Å². The topological polar surface area (TPSA) is 61.2 Å². The molecule has 5 nitrogen and oxygen atoms in total. The Morgan fingerprint density at radius 3 is 2.75 bits per heavy atom. The van der Waals surface area contributed by atoms with E-state index in [9.17, 15) is 9.59 Å². The standard InChI is InChI=1S/C10H9ClN2O3/c1-13-7(4-11)12-8-5(14)3-6(16-2)10(15)9(8)13/h3H,4H2,1-2H3. The SMILES string of the molecule is COC1=CC(=O)c2nc(CCl)n(C)c2C1=O. The zero-order valence-electron chi connectivity index (χ0n) is 8.78. The van der Waals surface area contributed by atoms with E-state index in [1.807, 2.05) is 0 Å². The monoisotopic (exact) mass is 240 g/mol. The number of ketones is 2. The minimum Gasteiger partial charge on any atom is -0.492 e. The molecule has 0 aromatic carbocycles. The van der Waals surface area contributed by atoms with Crippen molar-refractivity contribution < 1.29 is 14.3 Å². The highest BCUT2D eigenvalue weighted by molar-refractivity contribution is 6.22. The van der Waals surface area contributed by atoms with Gasteiger partial charge in [0, 0.05) is 13.1 Å². The van der Waals surface area contributed by atoms with Crippen molar-refractivity contribution in [3.63, 3.8) is 0 Å². The minimum absolute atomic E-state index is 0.0293. The zero-order valence-corrected chi connectivity index (χ0v) is 9.54. The van der Waals surface area contributed by atoms with Gasteiger partial charge < -0.3 is 9.30 Å². The lowest BCUT2D eigenvalue weighted by Crippen LogP contribution is -2.20. The molecule has 84 valence electrons. The molecule has 6 heteroatoms. The number of hydrogen-bond acceptors (Lipinski definition) is 4. The van der Waals surface area contributed by atoms with E-state index >= 15 is 0 Å². The second-order valence-corrected chi connectivity index (χ2v) is 3.59. The molecule has 1 aromatic rings. The molecule has 0 saturated heterocycles. The summed E-state index contributed by atoms with van der Waals surface area (Å²) in [6, 6.07) is 0. The van der Waals surface area contributed by atoms with E-state index in [1.165, 1.54) is 11.7 Å². The number of alkyl halides is 1. The first-order valence-corrected chi connectivity index (χ1v) is 5.09.